The van der Waals surface area contributed by atoms with E-state index in [1.54, 1.807) is 0 Å². The average molecular weight is 536 g/mol. The largest absolute Gasteiger partial charge is 0.494 e. The van der Waals surface area contributed by atoms with Crippen LogP contribution in [0.1, 0.15) is 48.0 Å². The summed E-state index contributed by atoms with van der Waals surface area (Å²) in [6.07, 6.45) is 2.56. The Morgan fingerprint density at radius 2 is 1.38 bits per heavy atom. The molecule has 3 rings (SSSR count). The molecule has 0 unspecified atom stereocenters. The van der Waals surface area contributed by atoms with Crippen LogP contribution in [-0.2, 0) is 16.0 Å². The molecule has 0 spiro atoms. The molecule has 206 valence electrons. The van der Waals surface area contributed by atoms with Gasteiger partial charge in [-0.05, 0) is 73.7 Å². The summed E-state index contributed by atoms with van der Waals surface area (Å²) < 4.78 is 17.1. The molecule has 3 aromatic carbocycles. The first kappa shape index (κ1) is 29.0. The van der Waals surface area contributed by atoms with Gasteiger partial charge in [0.15, 0.2) is 0 Å². The number of hydrogen-bond donors (Lipinski definition) is 3. The van der Waals surface area contributed by atoms with Crippen LogP contribution >= 0.6 is 0 Å². The molecule has 3 N–H and O–H groups in total. The predicted molar refractivity (Wildman–Crippen MR) is 146 cm³/mol. The first-order chi connectivity index (χ1) is 18.9. The number of benzene rings is 3. The first-order valence-electron chi connectivity index (χ1n) is 12.8. The third-order valence-electron chi connectivity index (χ3n) is 5.65. The second kappa shape index (κ2) is 15.7. The molecule has 0 saturated heterocycles. The zero-order chi connectivity index (χ0) is 27.9. The number of nitrogens with one attached hydrogen (secondary N) is 1. The number of carbonyl (C=O) groups is 3. The SMILES string of the molecule is O=C(O)CCCOc1cc(C(=O)O)ccc1NC(=O)CCc1cccc(OCCCCOc2ccccc2)c1. The maximum absolute atomic E-state index is 12.6. The lowest BCUT2D eigenvalue weighted by Gasteiger charge is -2.13. The summed E-state index contributed by atoms with van der Waals surface area (Å²) in [5.74, 6) is -0.582. The molecule has 9 nitrogen and oxygen atoms in total. The van der Waals surface area contributed by atoms with Crippen LogP contribution in [0.25, 0.3) is 0 Å². The summed E-state index contributed by atoms with van der Waals surface area (Å²) in [7, 11) is 0. The number of hydrogen-bond acceptors (Lipinski definition) is 6. The molecule has 0 fully saturated rings. The highest BCUT2D eigenvalue weighted by Crippen LogP contribution is 2.27. The van der Waals surface area contributed by atoms with Gasteiger partial charge in [-0.25, -0.2) is 4.79 Å². The Balaban J connectivity index is 1.44. The summed E-state index contributed by atoms with van der Waals surface area (Å²) in [5.41, 5.74) is 1.27. The average Bonchev–Trinajstić information content (AvgIpc) is 2.93. The van der Waals surface area contributed by atoms with E-state index in [1.807, 2.05) is 54.6 Å². The van der Waals surface area contributed by atoms with E-state index in [9.17, 15) is 19.5 Å². The van der Waals surface area contributed by atoms with Crippen LogP contribution in [0, 0.1) is 0 Å². The van der Waals surface area contributed by atoms with Crippen molar-refractivity contribution in [3.63, 3.8) is 0 Å². The van der Waals surface area contributed by atoms with Crippen molar-refractivity contribution in [2.45, 2.75) is 38.5 Å². The number of para-hydroxylation sites is 1. The smallest absolute Gasteiger partial charge is 0.335 e. The van der Waals surface area contributed by atoms with E-state index in [0.29, 0.717) is 25.3 Å². The number of aromatic carboxylic acids is 1. The maximum atomic E-state index is 12.6. The van der Waals surface area contributed by atoms with Crippen molar-refractivity contribution in [2.75, 3.05) is 25.1 Å². The van der Waals surface area contributed by atoms with E-state index >= 15 is 0 Å². The highest BCUT2D eigenvalue weighted by atomic mass is 16.5. The van der Waals surface area contributed by atoms with Gasteiger partial charge in [0.05, 0.1) is 31.1 Å². The number of aliphatic carboxylic acids is 1. The lowest BCUT2D eigenvalue weighted by atomic mass is 10.1. The fourth-order valence-electron chi connectivity index (χ4n) is 3.65. The van der Waals surface area contributed by atoms with E-state index in [0.717, 1.165) is 29.9 Å². The summed E-state index contributed by atoms with van der Waals surface area (Å²) >= 11 is 0. The highest BCUT2D eigenvalue weighted by molar-refractivity contribution is 5.94. The third kappa shape index (κ3) is 10.8. The normalized spacial score (nSPS) is 10.5. The molecule has 0 bridgehead atoms. The summed E-state index contributed by atoms with van der Waals surface area (Å²) in [6, 6.07) is 21.4. The van der Waals surface area contributed by atoms with E-state index in [1.165, 1.54) is 18.2 Å². The van der Waals surface area contributed by atoms with Gasteiger partial charge in [0.1, 0.15) is 17.2 Å². The van der Waals surface area contributed by atoms with Gasteiger partial charge in [0.25, 0.3) is 0 Å². The number of unbranched alkanes of at least 4 members (excludes halogenated alkanes) is 1. The Labute approximate surface area is 227 Å². The van der Waals surface area contributed by atoms with Crippen molar-refractivity contribution < 1.29 is 38.8 Å². The molecule has 0 aliphatic carbocycles. The topological polar surface area (TPSA) is 131 Å². The molecule has 0 aromatic heterocycles. The van der Waals surface area contributed by atoms with E-state index in [4.69, 9.17) is 19.3 Å². The number of amides is 1. The van der Waals surface area contributed by atoms with Gasteiger partial charge < -0.3 is 29.7 Å². The van der Waals surface area contributed by atoms with Crippen molar-refractivity contribution in [2.24, 2.45) is 0 Å². The Morgan fingerprint density at radius 1 is 0.692 bits per heavy atom. The predicted octanol–water partition coefficient (Wildman–Crippen LogP) is 5.44. The van der Waals surface area contributed by atoms with E-state index < -0.39 is 11.9 Å². The van der Waals surface area contributed by atoms with Crippen molar-refractivity contribution in [1.29, 1.82) is 0 Å². The van der Waals surface area contributed by atoms with Crippen LogP contribution in [0.3, 0.4) is 0 Å². The van der Waals surface area contributed by atoms with Gasteiger partial charge in [-0.2, -0.15) is 0 Å². The molecule has 0 heterocycles. The van der Waals surface area contributed by atoms with Gasteiger partial charge in [0, 0.05) is 12.8 Å². The summed E-state index contributed by atoms with van der Waals surface area (Å²) in [6.45, 7) is 1.26. The minimum absolute atomic E-state index is 0.00164. The van der Waals surface area contributed by atoms with E-state index in [-0.39, 0.29) is 43.1 Å². The van der Waals surface area contributed by atoms with E-state index in [2.05, 4.69) is 5.32 Å². The molecule has 3 aromatic rings. The van der Waals surface area contributed by atoms with Gasteiger partial charge in [-0.1, -0.05) is 30.3 Å². The van der Waals surface area contributed by atoms with Crippen LogP contribution in [0.2, 0.25) is 0 Å². The Morgan fingerprint density at radius 3 is 2.10 bits per heavy atom. The molecule has 0 aliphatic rings. The highest BCUT2D eigenvalue weighted by Gasteiger charge is 2.13. The lowest BCUT2D eigenvalue weighted by molar-refractivity contribution is -0.137. The Bertz CT molecular complexity index is 1230. The summed E-state index contributed by atoms with van der Waals surface area (Å²) in [4.78, 5) is 34.7. The number of carboxylic acids is 2. The van der Waals surface area contributed by atoms with Crippen LogP contribution in [-0.4, -0.2) is 47.9 Å². The molecule has 39 heavy (non-hydrogen) atoms. The lowest BCUT2D eigenvalue weighted by Crippen LogP contribution is -2.14. The standard InChI is InChI=1S/C30H33NO8/c32-28(31-26-15-14-23(30(35)36)21-27(26)39-19-7-12-29(33)34)16-13-22-8-6-11-25(20-22)38-18-5-4-17-37-24-9-2-1-3-10-24/h1-3,6,8-11,14-15,20-21H,4-5,7,12-13,16-19H2,(H,31,32)(H,33,34)(H,35,36). The maximum Gasteiger partial charge on any atom is 0.335 e. The number of aryl methyl sites for hydroxylation is 1. The van der Waals surface area contributed by atoms with Crippen molar-refractivity contribution in [1.82, 2.24) is 0 Å². The molecule has 0 aliphatic heterocycles. The number of rotatable bonds is 17. The number of ether oxygens (including phenoxy) is 3. The van der Waals surface area contributed by atoms with Crippen LogP contribution < -0.4 is 19.5 Å². The number of carbonyl (C=O) groups excluding carboxylic acids is 1. The Kier molecular flexibility index (Phi) is 11.7. The van der Waals surface area contributed by atoms with Gasteiger partial charge >= 0.3 is 11.9 Å². The quantitative estimate of drug-likeness (QED) is 0.195. The van der Waals surface area contributed by atoms with Gasteiger partial charge in [-0.3, -0.25) is 9.59 Å². The van der Waals surface area contributed by atoms with Crippen molar-refractivity contribution >= 4 is 23.5 Å². The monoisotopic (exact) mass is 535 g/mol. The number of anilines is 1. The van der Waals surface area contributed by atoms with Crippen LogP contribution in [0.5, 0.6) is 17.2 Å². The van der Waals surface area contributed by atoms with Crippen LogP contribution in [0.15, 0.2) is 72.8 Å². The second-order valence-corrected chi connectivity index (χ2v) is 8.77. The van der Waals surface area contributed by atoms with Gasteiger partial charge in [-0.15, -0.1) is 0 Å². The minimum atomic E-state index is -1.13. The zero-order valence-corrected chi connectivity index (χ0v) is 21.6. The third-order valence-corrected chi connectivity index (χ3v) is 5.65. The zero-order valence-electron chi connectivity index (χ0n) is 21.6. The van der Waals surface area contributed by atoms with Crippen LogP contribution in [0.4, 0.5) is 5.69 Å². The van der Waals surface area contributed by atoms with Crippen molar-refractivity contribution in [3.8, 4) is 17.2 Å². The van der Waals surface area contributed by atoms with Gasteiger partial charge in [0.2, 0.25) is 5.91 Å². The molecule has 0 atom stereocenters. The minimum Gasteiger partial charge on any atom is -0.494 e. The molecule has 0 saturated carbocycles. The molecular formula is C30H33NO8. The molecule has 0 radical (unpaired) electrons. The second-order valence-electron chi connectivity index (χ2n) is 8.77. The molecular weight excluding hydrogens is 502 g/mol. The summed E-state index contributed by atoms with van der Waals surface area (Å²) in [5, 5.41) is 20.8. The molecule has 1 amide bonds. The molecule has 9 heteroatoms. The first-order valence-corrected chi connectivity index (χ1v) is 12.8. The van der Waals surface area contributed by atoms with Crippen molar-refractivity contribution in [3.05, 3.63) is 83.9 Å². The fraction of sp³-hybridized carbons (Fsp3) is 0.300. The fourth-order valence-corrected chi connectivity index (χ4v) is 3.65. The number of carboxylic acid groups (broad SMARTS) is 2. The Hall–Kier alpha value is -4.53.